The number of H-pyrrole nitrogens is 1. The summed E-state index contributed by atoms with van der Waals surface area (Å²) in [6.45, 7) is 8.86. The molecule has 2 heterocycles. The Bertz CT molecular complexity index is 778. The van der Waals surface area contributed by atoms with Crippen LogP contribution in [0.25, 0.3) is 10.9 Å². The maximum absolute atomic E-state index is 5.66. The van der Waals surface area contributed by atoms with E-state index in [1.54, 1.807) is 0 Å². The van der Waals surface area contributed by atoms with Gasteiger partial charge < -0.3 is 9.72 Å². The molecule has 1 aromatic heterocycles. The SMILES string of the molecule is CC(=CCc1c[nH]c2ccccc12)CCC=C(C)CCC1OC1(C)C. The summed E-state index contributed by atoms with van der Waals surface area (Å²) in [4.78, 5) is 3.35. The molecule has 2 heteroatoms. The molecule has 3 rings (SSSR count). The number of rotatable bonds is 8. The molecule has 1 unspecified atom stereocenters. The van der Waals surface area contributed by atoms with E-state index in [0.29, 0.717) is 6.10 Å². The van der Waals surface area contributed by atoms with Crippen molar-refractivity contribution in [2.45, 2.75) is 71.5 Å². The minimum atomic E-state index is 0.127. The minimum Gasteiger partial charge on any atom is -0.367 e. The molecule has 0 amide bonds. The highest BCUT2D eigenvalue weighted by Gasteiger charge is 2.46. The molecule has 1 N–H and O–H groups in total. The Morgan fingerprint density at radius 3 is 2.60 bits per heavy atom. The molecule has 2 nitrogen and oxygen atoms in total. The molecule has 25 heavy (non-hydrogen) atoms. The third-order valence-electron chi connectivity index (χ3n) is 5.34. The highest BCUT2D eigenvalue weighted by molar-refractivity contribution is 5.83. The molecule has 0 aliphatic carbocycles. The maximum atomic E-state index is 5.66. The van der Waals surface area contributed by atoms with Crippen LogP contribution in [0, 0.1) is 0 Å². The molecular formula is C23H31NO. The molecule has 1 saturated heterocycles. The van der Waals surface area contributed by atoms with Gasteiger partial charge in [0.2, 0.25) is 0 Å². The molecule has 1 aliphatic rings. The Morgan fingerprint density at radius 2 is 1.84 bits per heavy atom. The van der Waals surface area contributed by atoms with E-state index < -0.39 is 0 Å². The quantitative estimate of drug-likeness (QED) is 0.442. The standard InChI is InChI=1S/C23H31NO/c1-17(8-7-9-18(2)13-15-22-23(3,4)25-22)12-14-19-16-24-21-11-6-5-10-20(19)21/h5-6,9-12,16,22,24H,7-8,13-15H2,1-4H3. The van der Waals surface area contributed by atoms with Crippen molar-refractivity contribution >= 4 is 10.9 Å². The summed E-state index contributed by atoms with van der Waals surface area (Å²) in [5.41, 5.74) is 5.71. The van der Waals surface area contributed by atoms with Crippen molar-refractivity contribution in [1.82, 2.24) is 4.98 Å². The molecule has 0 radical (unpaired) electrons. The first kappa shape index (κ1) is 18.0. The Balaban J connectivity index is 1.43. The first-order chi connectivity index (χ1) is 12.0. The van der Waals surface area contributed by atoms with E-state index in [9.17, 15) is 0 Å². The second-order valence-corrected chi connectivity index (χ2v) is 7.95. The lowest BCUT2D eigenvalue weighted by molar-refractivity contribution is 0.320. The first-order valence-corrected chi connectivity index (χ1v) is 9.50. The van der Waals surface area contributed by atoms with Gasteiger partial charge in [-0.1, -0.05) is 41.5 Å². The molecule has 2 aromatic rings. The lowest BCUT2D eigenvalue weighted by Crippen LogP contribution is -2.02. The average molecular weight is 338 g/mol. The Hall–Kier alpha value is -1.80. The van der Waals surface area contributed by atoms with Crippen LogP contribution in [0.3, 0.4) is 0 Å². The number of benzene rings is 1. The van der Waals surface area contributed by atoms with Gasteiger partial charge in [-0.25, -0.2) is 0 Å². The number of epoxide rings is 1. The van der Waals surface area contributed by atoms with Crippen molar-refractivity contribution in [3.8, 4) is 0 Å². The van der Waals surface area contributed by atoms with Crippen molar-refractivity contribution in [1.29, 1.82) is 0 Å². The number of nitrogens with one attached hydrogen (secondary N) is 1. The van der Waals surface area contributed by atoms with Crippen molar-refractivity contribution < 1.29 is 4.74 Å². The fourth-order valence-corrected chi connectivity index (χ4v) is 3.43. The van der Waals surface area contributed by atoms with E-state index in [0.717, 1.165) is 32.1 Å². The molecule has 1 fully saturated rings. The third kappa shape index (κ3) is 4.85. The van der Waals surface area contributed by atoms with E-state index in [1.807, 2.05) is 0 Å². The largest absolute Gasteiger partial charge is 0.367 e. The monoisotopic (exact) mass is 337 g/mol. The summed E-state index contributed by atoms with van der Waals surface area (Å²) in [5, 5.41) is 1.34. The average Bonchev–Trinajstić information content (AvgIpc) is 3.01. The molecule has 1 aliphatic heterocycles. The summed E-state index contributed by atoms with van der Waals surface area (Å²) in [7, 11) is 0. The predicted octanol–water partition coefficient (Wildman–Crippen LogP) is 6.34. The maximum Gasteiger partial charge on any atom is 0.0892 e. The van der Waals surface area contributed by atoms with Crippen LogP contribution in [0.1, 0.15) is 58.9 Å². The van der Waals surface area contributed by atoms with Gasteiger partial charge in [0.25, 0.3) is 0 Å². The smallest absolute Gasteiger partial charge is 0.0892 e. The number of fused-ring (bicyclic) bond motifs is 1. The molecule has 134 valence electrons. The summed E-state index contributed by atoms with van der Waals surface area (Å²) >= 11 is 0. The van der Waals surface area contributed by atoms with Gasteiger partial charge >= 0.3 is 0 Å². The van der Waals surface area contributed by atoms with Crippen molar-refractivity contribution in [3.05, 3.63) is 59.3 Å². The molecule has 1 atom stereocenters. The number of hydrogen-bond donors (Lipinski definition) is 1. The lowest BCUT2D eigenvalue weighted by atomic mass is 10.0. The van der Waals surface area contributed by atoms with Gasteiger partial charge in [-0.3, -0.25) is 0 Å². The van der Waals surface area contributed by atoms with Gasteiger partial charge in [0.1, 0.15) is 0 Å². The van der Waals surface area contributed by atoms with Gasteiger partial charge in [-0.2, -0.15) is 0 Å². The number of allylic oxidation sites excluding steroid dienone is 4. The Labute approximate surface area is 152 Å². The summed E-state index contributed by atoms with van der Waals surface area (Å²) in [5.74, 6) is 0. The van der Waals surface area contributed by atoms with Gasteiger partial charge in [0.15, 0.2) is 0 Å². The highest BCUT2D eigenvalue weighted by Crippen LogP contribution is 2.38. The van der Waals surface area contributed by atoms with Crippen LogP contribution in [0.5, 0.6) is 0 Å². The van der Waals surface area contributed by atoms with E-state index >= 15 is 0 Å². The second kappa shape index (κ2) is 7.61. The van der Waals surface area contributed by atoms with Crippen molar-refractivity contribution in [3.63, 3.8) is 0 Å². The molecule has 0 saturated carbocycles. The minimum absolute atomic E-state index is 0.127. The molecular weight excluding hydrogens is 306 g/mol. The summed E-state index contributed by atoms with van der Waals surface area (Å²) in [6.07, 6.45) is 13.0. The lowest BCUT2D eigenvalue weighted by Gasteiger charge is -2.02. The Morgan fingerprint density at radius 1 is 1.12 bits per heavy atom. The number of aromatic amines is 1. The molecule has 0 spiro atoms. The normalized spacial score (nSPS) is 20.2. The van der Waals surface area contributed by atoms with Gasteiger partial charge in [-0.05, 0) is 71.4 Å². The Kier molecular flexibility index (Phi) is 5.48. The zero-order chi connectivity index (χ0) is 17.9. The number of aromatic nitrogens is 1. The van der Waals surface area contributed by atoms with Crippen LogP contribution in [-0.4, -0.2) is 16.7 Å². The third-order valence-corrected chi connectivity index (χ3v) is 5.34. The number of para-hydroxylation sites is 1. The first-order valence-electron chi connectivity index (χ1n) is 9.50. The van der Waals surface area contributed by atoms with E-state index in [2.05, 4.69) is 75.3 Å². The van der Waals surface area contributed by atoms with Crippen molar-refractivity contribution in [2.75, 3.05) is 0 Å². The zero-order valence-electron chi connectivity index (χ0n) is 16.1. The van der Waals surface area contributed by atoms with Crippen molar-refractivity contribution in [2.24, 2.45) is 0 Å². The van der Waals surface area contributed by atoms with Crippen LogP contribution < -0.4 is 0 Å². The van der Waals surface area contributed by atoms with Crippen LogP contribution in [-0.2, 0) is 11.2 Å². The van der Waals surface area contributed by atoms with E-state index in [1.165, 1.54) is 27.6 Å². The topological polar surface area (TPSA) is 28.3 Å². The van der Waals surface area contributed by atoms with E-state index in [4.69, 9.17) is 4.74 Å². The predicted molar refractivity (Wildman–Crippen MR) is 107 cm³/mol. The van der Waals surface area contributed by atoms with Crippen LogP contribution in [0.15, 0.2) is 53.8 Å². The fraction of sp³-hybridized carbons (Fsp3) is 0.478. The zero-order valence-corrected chi connectivity index (χ0v) is 16.1. The fourth-order valence-electron chi connectivity index (χ4n) is 3.43. The van der Waals surface area contributed by atoms with E-state index in [-0.39, 0.29) is 5.60 Å². The molecule has 0 bridgehead atoms. The van der Waals surface area contributed by atoms with Crippen LogP contribution in [0.4, 0.5) is 0 Å². The molecule has 1 aromatic carbocycles. The van der Waals surface area contributed by atoms with Gasteiger partial charge in [0.05, 0.1) is 11.7 Å². The second-order valence-electron chi connectivity index (χ2n) is 7.95. The van der Waals surface area contributed by atoms with Crippen LogP contribution >= 0.6 is 0 Å². The number of hydrogen-bond acceptors (Lipinski definition) is 1. The highest BCUT2D eigenvalue weighted by atomic mass is 16.6. The van der Waals surface area contributed by atoms with Crippen LogP contribution in [0.2, 0.25) is 0 Å². The number of ether oxygens (including phenoxy) is 1. The van der Waals surface area contributed by atoms with Gasteiger partial charge in [0, 0.05) is 17.1 Å². The van der Waals surface area contributed by atoms with Gasteiger partial charge in [-0.15, -0.1) is 0 Å². The summed E-state index contributed by atoms with van der Waals surface area (Å²) < 4.78 is 5.66. The summed E-state index contributed by atoms with van der Waals surface area (Å²) in [6, 6.07) is 8.52.